The van der Waals surface area contributed by atoms with Crippen LogP contribution in [0.5, 0.6) is 0 Å². The van der Waals surface area contributed by atoms with Gasteiger partial charge in [-0.15, -0.1) is 0 Å². The highest BCUT2D eigenvalue weighted by Crippen LogP contribution is 2.29. The number of pyridine rings is 1. The zero-order valence-electron chi connectivity index (χ0n) is 17.2. The Morgan fingerprint density at radius 3 is 2.50 bits per heavy atom. The van der Waals surface area contributed by atoms with Crippen molar-refractivity contribution in [2.24, 2.45) is 5.90 Å². The van der Waals surface area contributed by atoms with Crippen molar-refractivity contribution in [3.8, 4) is 0 Å². The fraction of sp³-hybridized carbons (Fsp3) is 0.450. The lowest BCUT2D eigenvalue weighted by molar-refractivity contribution is -0.155. The molecule has 0 atom stereocenters. The third-order valence-electron chi connectivity index (χ3n) is 3.86. The summed E-state index contributed by atoms with van der Waals surface area (Å²) in [6, 6.07) is 7.65. The molecule has 2 heterocycles. The van der Waals surface area contributed by atoms with E-state index >= 15 is 0 Å². The lowest BCUT2D eigenvalue weighted by atomic mass is 10.2. The van der Waals surface area contributed by atoms with E-state index in [-0.39, 0.29) is 19.0 Å². The summed E-state index contributed by atoms with van der Waals surface area (Å²) in [4.78, 5) is 25.8. The minimum atomic E-state index is -0.529. The zero-order chi connectivity index (χ0) is 20.9. The first-order chi connectivity index (χ1) is 13.3. The van der Waals surface area contributed by atoms with E-state index in [1.54, 1.807) is 0 Å². The Morgan fingerprint density at radius 1 is 1.18 bits per heavy atom. The molecule has 1 aromatic carbocycles. The van der Waals surface area contributed by atoms with E-state index in [0.29, 0.717) is 23.7 Å². The summed E-state index contributed by atoms with van der Waals surface area (Å²) in [6.07, 6.45) is 0.191. The van der Waals surface area contributed by atoms with Gasteiger partial charge in [-0.2, -0.15) is 0 Å². The maximum absolute atomic E-state index is 12.1. The van der Waals surface area contributed by atoms with Crippen molar-refractivity contribution in [2.75, 3.05) is 5.73 Å². The predicted molar refractivity (Wildman–Crippen MR) is 110 cm³/mol. The molecule has 28 heavy (non-hydrogen) atoms. The standard InChI is InChI=1S/C18H23N5O3.C2H6/c1-18(2,3)26-14(24)8-9-23-13(10-25-20)22-15-16(23)11-6-4-5-7-12(11)21-17(15)19;1-2/h4-7H,8-10,20H2,1-3H3,(H2,19,21);1-2H3. The summed E-state index contributed by atoms with van der Waals surface area (Å²) in [6.45, 7) is 9.98. The number of hydrogen-bond donors (Lipinski definition) is 2. The van der Waals surface area contributed by atoms with Crippen LogP contribution in [0.3, 0.4) is 0 Å². The van der Waals surface area contributed by atoms with Crippen LogP contribution < -0.4 is 11.6 Å². The molecule has 3 aromatic rings. The molecule has 8 nitrogen and oxygen atoms in total. The summed E-state index contributed by atoms with van der Waals surface area (Å²) in [5, 5.41) is 0.900. The maximum Gasteiger partial charge on any atom is 0.308 e. The second-order valence-electron chi connectivity index (χ2n) is 7.04. The average molecular weight is 387 g/mol. The largest absolute Gasteiger partial charge is 0.460 e. The molecule has 0 bridgehead atoms. The number of carbonyl (C=O) groups is 1. The SMILES string of the molecule is CC.CC(C)(C)OC(=O)CCn1c(CON)nc2c(N)nc3ccccc3c21. The quantitative estimate of drug-likeness (QED) is 0.509. The first-order valence-electron chi connectivity index (χ1n) is 9.37. The molecule has 0 spiro atoms. The molecule has 2 aromatic heterocycles. The molecule has 0 aliphatic carbocycles. The molecule has 0 unspecified atom stereocenters. The number of carbonyl (C=O) groups excluding carboxylic acids is 1. The third kappa shape index (κ3) is 4.76. The van der Waals surface area contributed by atoms with Crippen molar-refractivity contribution in [3.63, 3.8) is 0 Å². The molecule has 0 saturated heterocycles. The minimum absolute atomic E-state index is 0.0940. The van der Waals surface area contributed by atoms with Gasteiger partial charge in [0.25, 0.3) is 0 Å². The average Bonchev–Trinajstić information content (AvgIpc) is 3.00. The van der Waals surface area contributed by atoms with Crippen LogP contribution in [0.4, 0.5) is 5.82 Å². The Balaban J connectivity index is 0.00000136. The van der Waals surface area contributed by atoms with Crippen molar-refractivity contribution in [1.29, 1.82) is 0 Å². The van der Waals surface area contributed by atoms with Crippen molar-refractivity contribution in [3.05, 3.63) is 30.1 Å². The number of aromatic nitrogens is 3. The molecular weight excluding hydrogens is 358 g/mol. The van der Waals surface area contributed by atoms with Crippen LogP contribution in [0.25, 0.3) is 21.9 Å². The number of rotatable bonds is 5. The molecule has 0 saturated carbocycles. The number of hydrogen-bond acceptors (Lipinski definition) is 7. The van der Waals surface area contributed by atoms with Crippen LogP contribution in [0.15, 0.2) is 24.3 Å². The molecule has 0 aliphatic rings. The van der Waals surface area contributed by atoms with Gasteiger partial charge in [-0.05, 0) is 26.8 Å². The lowest BCUT2D eigenvalue weighted by Crippen LogP contribution is -2.24. The van der Waals surface area contributed by atoms with Gasteiger partial charge in [-0.25, -0.2) is 15.9 Å². The first-order valence-corrected chi connectivity index (χ1v) is 9.37. The number of esters is 1. The number of para-hydroxylation sites is 1. The Kier molecular flexibility index (Phi) is 6.93. The van der Waals surface area contributed by atoms with Crippen LogP contribution in [-0.4, -0.2) is 26.1 Å². The Bertz CT molecular complexity index is 960. The number of ether oxygens (including phenoxy) is 1. The van der Waals surface area contributed by atoms with E-state index < -0.39 is 5.60 Å². The van der Waals surface area contributed by atoms with E-state index in [1.807, 2.05) is 63.5 Å². The highest BCUT2D eigenvalue weighted by Gasteiger charge is 2.20. The monoisotopic (exact) mass is 387 g/mol. The van der Waals surface area contributed by atoms with E-state index in [0.717, 1.165) is 16.4 Å². The van der Waals surface area contributed by atoms with Gasteiger partial charge in [0.1, 0.15) is 23.5 Å². The van der Waals surface area contributed by atoms with Crippen molar-refractivity contribution in [2.45, 2.75) is 59.8 Å². The van der Waals surface area contributed by atoms with E-state index in [2.05, 4.69) is 9.97 Å². The number of imidazole rings is 1. The van der Waals surface area contributed by atoms with Gasteiger partial charge in [-0.3, -0.25) is 9.63 Å². The van der Waals surface area contributed by atoms with Crippen LogP contribution >= 0.6 is 0 Å². The van der Waals surface area contributed by atoms with Gasteiger partial charge < -0.3 is 15.0 Å². The zero-order valence-corrected chi connectivity index (χ0v) is 17.2. The van der Waals surface area contributed by atoms with Gasteiger partial charge >= 0.3 is 5.97 Å². The molecule has 0 aliphatic heterocycles. The molecule has 0 fully saturated rings. The first kappa shape index (κ1) is 21.6. The fourth-order valence-corrected chi connectivity index (χ4v) is 2.93. The number of nitrogen functional groups attached to an aromatic ring is 1. The maximum atomic E-state index is 12.1. The molecule has 4 N–H and O–H groups in total. The topological polar surface area (TPSA) is 118 Å². The predicted octanol–water partition coefficient (Wildman–Crippen LogP) is 3.32. The second kappa shape index (κ2) is 8.99. The van der Waals surface area contributed by atoms with E-state index in [1.165, 1.54) is 0 Å². The van der Waals surface area contributed by atoms with Gasteiger partial charge in [0.05, 0.1) is 17.5 Å². The summed E-state index contributed by atoms with van der Waals surface area (Å²) in [7, 11) is 0. The van der Waals surface area contributed by atoms with Gasteiger partial charge in [0.15, 0.2) is 5.82 Å². The molecule has 0 radical (unpaired) electrons. The van der Waals surface area contributed by atoms with Gasteiger partial charge in [-0.1, -0.05) is 32.0 Å². The van der Waals surface area contributed by atoms with Crippen LogP contribution in [-0.2, 0) is 27.5 Å². The molecule has 3 rings (SSSR count). The summed E-state index contributed by atoms with van der Waals surface area (Å²) < 4.78 is 7.29. The number of anilines is 1. The molecule has 8 heteroatoms. The van der Waals surface area contributed by atoms with Crippen LogP contribution in [0, 0.1) is 0 Å². The van der Waals surface area contributed by atoms with Gasteiger partial charge in [0, 0.05) is 11.9 Å². The van der Waals surface area contributed by atoms with Crippen molar-refractivity contribution in [1.82, 2.24) is 14.5 Å². The molecule has 0 amide bonds. The highest BCUT2D eigenvalue weighted by molar-refractivity contribution is 6.06. The summed E-state index contributed by atoms with van der Waals surface area (Å²) >= 11 is 0. The summed E-state index contributed by atoms with van der Waals surface area (Å²) in [5.74, 6) is 5.87. The van der Waals surface area contributed by atoms with Crippen LogP contribution in [0.1, 0.15) is 46.9 Å². The van der Waals surface area contributed by atoms with Gasteiger partial charge in [0.2, 0.25) is 0 Å². The lowest BCUT2D eigenvalue weighted by Gasteiger charge is -2.19. The third-order valence-corrected chi connectivity index (χ3v) is 3.86. The van der Waals surface area contributed by atoms with Crippen LogP contribution in [0.2, 0.25) is 0 Å². The number of aryl methyl sites for hydroxylation is 1. The minimum Gasteiger partial charge on any atom is -0.460 e. The van der Waals surface area contributed by atoms with E-state index in [9.17, 15) is 4.79 Å². The number of nitrogens with zero attached hydrogens (tertiary/aromatic N) is 3. The normalized spacial score (nSPS) is 11.4. The molecule has 152 valence electrons. The summed E-state index contributed by atoms with van der Waals surface area (Å²) in [5.41, 5.74) is 7.70. The van der Waals surface area contributed by atoms with Crippen molar-refractivity contribution < 1.29 is 14.4 Å². The number of benzene rings is 1. The van der Waals surface area contributed by atoms with Crippen molar-refractivity contribution >= 4 is 33.7 Å². The molecular formula is C20H29N5O3. The number of fused-ring (bicyclic) bond motifs is 3. The Morgan fingerprint density at radius 2 is 1.86 bits per heavy atom. The Labute approximate surface area is 164 Å². The van der Waals surface area contributed by atoms with E-state index in [4.69, 9.17) is 21.2 Å². The highest BCUT2D eigenvalue weighted by atomic mass is 16.6. The fourth-order valence-electron chi connectivity index (χ4n) is 2.93. The smallest absolute Gasteiger partial charge is 0.308 e. The Hall–Kier alpha value is -2.71. The number of nitrogens with two attached hydrogens (primary N) is 2. The second-order valence-corrected chi connectivity index (χ2v) is 7.04.